The Morgan fingerprint density at radius 3 is 2.74 bits per heavy atom. The van der Waals surface area contributed by atoms with E-state index >= 15 is 0 Å². The predicted molar refractivity (Wildman–Crippen MR) is 78.4 cm³/mol. The standard InChI is InChI=1S/C12H17BrClN3O2/c1-5-12(3,4)16-10(18)7(2)17-6-15-9(14)8(13)11(17)19/h6-7H,5H2,1-4H3,(H,16,18). The van der Waals surface area contributed by atoms with E-state index in [-0.39, 0.29) is 26.6 Å². The molecule has 0 radical (unpaired) electrons. The van der Waals surface area contributed by atoms with Gasteiger partial charge in [0.05, 0.1) is 6.33 Å². The Morgan fingerprint density at radius 1 is 1.63 bits per heavy atom. The molecule has 0 fully saturated rings. The van der Waals surface area contributed by atoms with E-state index in [2.05, 4.69) is 26.2 Å². The highest BCUT2D eigenvalue weighted by molar-refractivity contribution is 9.10. The highest BCUT2D eigenvalue weighted by Gasteiger charge is 2.24. The van der Waals surface area contributed by atoms with E-state index < -0.39 is 6.04 Å². The van der Waals surface area contributed by atoms with Gasteiger partial charge in [-0.25, -0.2) is 4.98 Å². The maximum absolute atomic E-state index is 12.1. The minimum atomic E-state index is -0.653. The van der Waals surface area contributed by atoms with Gasteiger partial charge in [-0.15, -0.1) is 0 Å². The lowest BCUT2D eigenvalue weighted by Crippen LogP contribution is -2.46. The van der Waals surface area contributed by atoms with Crippen LogP contribution in [0.15, 0.2) is 15.6 Å². The van der Waals surface area contributed by atoms with Crippen molar-refractivity contribution in [1.29, 1.82) is 0 Å². The Kier molecular flexibility index (Phi) is 5.15. The van der Waals surface area contributed by atoms with Crippen LogP contribution >= 0.6 is 27.5 Å². The Morgan fingerprint density at radius 2 is 2.21 bits per heavy atom. The van der Waals surface area contributed by atoms with E-state index in [0.717, 1.165) is 6.42 Å². The van der Waals surface area contributed by atoms with E-state index in [1.165, 1.54) is 10.9 Å². The van der Waals surface area contributed by atoms with Gasteiger partial charge in [-0.05, 0) is 43.1 Å². The summed E-state index contributed by atoms with van der Waals surface area (Å²) >= 11 is 8.79. The zero-order valence-corrected chi connectivity index (χ0v) is 13.7. The van der Waals surface area contributed by atoms with Crippen molar-refractivity contribution in [3.05, 3.63) is 26.3 Å². The fourth-order valence-electron chi connectivity index (χ4n) is 1.35. The van der Waals surface area contributed by atoms with Gasteiger partial charge in [-0.2, -0.15) is 0 Å². The molecule has 19 heavy (non-hydrogen) atoms. The lowest BCUT2D eigenvalue weighted by molar-refractivity contribution is -0.125. The summed E-state index contributed by atoms with van der Waals surface area (Å²) in [6.45, 7) is 7.48. The highest BCUT2D eigenvalue weighted by atomic mass is 79.9. The molecule has 1 rings (SSSR count). The number of amides is 1. The summed E-state index contributed by atoms with van der Waals surface area (Å²) in [4.78, 5) is 28.0. The molecule has 0 aliphatic carbocycles. The lowest BCUT2D eigenvalue weighted by Gasteiger charge is -2.27. The number of halogens is 2. The quantitative estimate of drug-likeness (QED) is 0.849. The van der Waals surface area contributed by atoms with Gasteiger partial charge in [0.1, 0.15) is 10.5 Å². The Labute approximate surface area is 125 Å². The molecule has 1 N–H and O–H groups in total. The number of hydrogen-bond acceptors (Lipinski definition) is 3. The van der Waals surface area contributed by atoms with Crippen LogP contribution in [0, 0.1) is 0 Å². The van der Waals surface area contributed by atoms with Crippen LogP contribution in [0.5, 0.6) is 0 Å². The van der Waals surface area contributed by atoms with Gasteiger partial charge < -0.3 is 5.32 Å². The molecule has 1 aromatic heterocycles. The van der Waals surface area contributed by atoms with Crippen LogP contribution in [0.4, 0.5) is 0 Å². The van der Waals surface area contributed by atoms with Crippen LogP contribution < -0.4 is 10.9 Å². The molecule has 0 aliphatic heterocycles. The molecule has 0 aliphatic rings. The number of aromatic nitrogens is 2. The number of rotatable bonds is 4. The first-order chi connectivity index (χ1) is 8.69. The summed E-state index contributed by atoms with van der Waals surface area (Å²) in [6.07, 6.45) is 2.07. The van der Waals surface area contributed by atoms with Gasteiger partial charge in [0.15, 0.2) is 5.15 Å². The van der Waals surface area contributed by atoms with E-state index in [4.69, 9.17) is 11.6 Å². The number of carbonyl (C=O) groups is 1. The number of carbonyl (C=O) groups excluding carboxylic acids is 1. The van der Waals surface area contributed by atoms with Crippen LogP contribution in [0.1, 0.15) is 40.2 Å². The first kappa shape index (κ1) is 16.2. The van der Waals surface area contributed by atoms with Crippen molar-refractivity contribution >= 4 is 33.4 Å². The number of hydrogen-bond donors (Lipinski definition) is 1. The molecule has 0 saturated carbocycles. The third-order valence-electron chi connectivity index (χ3n) is 3.04. The molecule has 5 nitrogen and oxygen atoms in total. The van der Waals surface area contributed by atoms with Crippen LogP contribution in [-0.4, -0.2) is 21.0 Å². The van der Waals surface area contributed by atoms with Gasteiger partial charge >= 0.3 is 0 Å². The zero-order chi connectivity index (χ0) is 14.8. The maximum atomic E-state index is 12.1. The molecule has 7 heteroatoms. The van der Waals surface area contributed by atoms with Gasteiger partial charge in [0.2, 0.25) is 5.91 Å². The van der Waals surface area contributed by atoms with E-state index in [1.807, 2.05) is 20.8 Å². The average molecular weight is 351 g/mol. The molecular weight excluding hydrogens is 334 g/mol. The second-order valence-electron chi connectivity index (χ2n) is 4.96. The van der Waals surface area contributed by atoms with Crippen molar-refractivity contribution < 1.29 is 4.79 Å². The van der Waals surface area contributed by atoms with Gasteiger partial charge in [-0.3, -0.25) is 14.2 Å². The normalized spacial score (nSPS) is 13.2. The minimum absolute atomic E-state index is 0.0859. The van der Waals surface area contributed by atoms with Gasteiger partial charge in [0, 0.05) is 5.54 Å². The SMILES string of the molecule is CCC(C)(C)NC(=O)C(C)n1cnc(Cl)c(Br)c1=O. The van der Waals surface area contributed by atoms with Crippen molar-refractivity contribution in [2.24, 2.45) is 0 Å². The predicted octanol–water partition coefficient (Wildman–Crippen LogP) is 2.53. The Bertz CT molecular complexity index is 542. The summed E-state index contributed by atoms with van der Waals surface area (Å²) in [6, 6.07) is -0.653. The van der Waals surface area contributed by atoms with Crippen LogP contribution in [0.3, 0.4) is 0 Å². The van der Waals surface area contributed by atoms with Crippen molar-refractivity contribution in [2.45, 2.75) is 45.7 Å². The summed E-state index contributed by atoms with van der Waals surface area (Å²) < 4.78 is 1.41. The van der Waals surface area contributed by atoms with Gasteiger partial charge in [0.25, 0.3) is 5.56 Å². The van der Waals surface area contributed by atoms with Crippen molar-refractivity contribution in [3.63, 3.8) is 0 Å². The van der Waals surface area contributed by atoms with Crippen LogP contribution in [-0.2, 0) is 4.79 Å². The third kappa shape index (κ3) is 3.79. The van der Waals surface area contributed by atoms with E-state index in [0.29, 0.717) is 0 Å². The highest BCUT2D eigenvalue weighted by Crippen LogP contribution is 2.16. The second-order valence-corrected chi connectivity index (χ2v) is 6.12. The first-order valence-corrected chi connectivity index (χ1v) is 7.11. The average Bonchev–Trinajstić information content (AvgIpc) is 2.35. The second kappa shape index (κ2) is 6.05. The molecule has 0 aromatic carbocycles. The fourth-order valence-corrected chi connectivity index (χ4v) is 1.78. The minimum Gasteiger partial charge on any atom is -0.349 e. The van der Waals surface area contributed by atoms with Gasteiger partial charge in [-0.1, -0.05) is 18.5 Å². The zero-order valence-electron chi connectivity index (χ0n) is 11.3. The molecule has 1 atom stereocenters. The molecule has 0 spiro atoms. The van der Waals surface area contributed by atoms with Crippen molar-refractivity contribution in [1.82, 2.24) is 14.9 Å². The molecule has 1 unspecified atom stereocenters. The molecule has 1 heterocycles. The van der Waals surface area contributed by atoms with Crippen LogP contribution in [0.25, 0.3) is 0 Å². The number of nitrogens with zero attached hydrogens (tertiary/aromatic N) is 2. The molecule has 0 saturated heterocycles. The molecule has 1 amide bonds. The summed E-state index contributed by atoms with van der Waals surface area (Å²) in [5, 5.41) is 2.98. The molecule has 0 bridgehead atoms. The molecule has 1 aromatic rings. The van der Waals surface area contributed by atoms with Crippen molar-refractivity contribution in [2.75, 3.05) is 0 Å². The maximum Gasteiger partial charge on any atom is 0.269 e. The summed E-state index contributed by atoms with van der Waals surface area (Å²) in [5.74, 6) is -0.232. The topological polar surface area (TPSA) is 64.0 Å². The van der Waals surface area contributed by atoms with Crippen molar-refractivity contribution in [3.8, 4) is 0 Å². The van der Waals surface area contributed by atoms with Crippen LogP contribution in [0.2, 0.25) is 5.15 Å². The Balaban J connectivity index is 3.02. The first-order valence-electron chi connectivity index (χ1n) is 5.93. The third-order valence-corrected chi connectivity index (χ3v) is 4.27. The monoisotopic (exact) mass is 349 g/mol. The van der Waals surface area contributed by atoms with E-state index in [1.54, 1.807) is 6.92 Å². The smallest absolute Gasteiger partial charge is 0.269 e. The Hall–Kier alpha value is -0.880. The molecular formula is C12H17BrClN3O2. The lowest BCUT2D eigenvalue weighted by atomic mass is 10.0. The largest absolute Gasteiger partial charge is 0.349 e. The summed E-state index contributed by atoms with van der Waals surface area (Å²) in [7, 11) is 0. The van der Waals surface area contributed by atoms with E-state index in [9.17, 15) is 9.59 Å². The number of nitrogens with one attached hydrogen (secondary N) is 1. The molecule has 106 valence electrons. The summed E-state index contributed by atoms with van der Waals surface area (Å²) in [5.41, 5.74) is -0.691. The fraction of sp³-hybridized carbons (Fsp3) is 0.583.